The van der Waals surface area contributed by atoms with Gasteiger partial charge in [0.15, 0.2) is 0 Å². The van der Waals surface area contributed by atoms with Gasteiger partial charge >= 0.3 is 5.69 Å². The number of piperidine rings is 1. The van der Waals surface area contributed by atoms with Crippen molar-refractivity contribution in [3.63, 3.8) is 0 Å². The van der Waals surface area contributed by atoms with Crippen LogP contribution in [0.5, 0.6) is 0 Å². The Morgan fingerprint density at radius 1 is 1.03 bits per heavy atom. The number of primary amides is 1. The SMILES string of the molecule is Cc1cc(S(=O)(=O)NCCOCCOCCCc2cccc3c2n(C)c(=O)n3C2CCC(=O)NC2=O)ccc1Nc1ncc(Br)c(Nc2cccc(F)c2C(N)=O)n1. The highest BCUT2D eigenvalue weighted by Crippen LogP contribution is 2.30. The molecule has 0 aliphatic carbocycles. The monoisotopic (exact) mass is 881 g/mol. The average molecular weight is 883 g/mol. The molecule has 17 nitrogen and oxygen atoms in total. The zero-order valence-electron chi connectivity index (χ0n) is 31.5. The van der Waals surface area contributed by atoms with Crippen LogP contribution >= 0.6 is 15.9 Å². The fraction of sp³-hybridized carbons (Fsp3) is 0.316. The first-order chi connectivity index (χ1) is 27.7. The Morgan fingerprint density at radius 2 is 1.79 bits per heavy atom. The average Bonchev–Trinajstić information content (AvgIpc) is 3.43. The Hall–Kier alpha value is -5.54. The smallest absolute Gasteiger partial charge is 0.329 e. The van der Waals surface area contributed by atoms with Crippen molar-refractivity contribution in [1.29, 1.82) is 0 Å². The number of nitrogens with zero attached hydrogens (tertiary/aromatic N) is 4. The summed E-state index contributed by atoms with van der Waals surface area (Å²) in [5.74, 6) is -2.18. The van der Waals surface area contributed by atoms with E-state index in [1.807, 2.05) is 12.1 Å². The number of anilines is 4. The second-order valence-electron chi connectivity index (χ2n) is 13.3. The van der Waals surface area contributed by atoms with Crippen LogP contribution in [0.3, 0.4) is 0 Å². The molecule has 2 aromatic heterocycles. The second-order valence-corrected chi connectivity index (χ2v) is 16.0. The van der Waals surface area contributed by atoms with Crippen molar-refractivity contribution < 1.29 is 36.7 Å². The number of rotatable bonds is 18. The standard InChI is InChI=1S/C38H41BrFN9O8S/c1-22-20-24(11-12-27(22)45-37-42-21-25(39)35(47-37)44-28-9-4-8-26(40)32(28)34(41)51)58(54,55)43-15-17-57-19-18-56-16-5-7-23-6-3-10-29-33(23)48(2)38(53)49(29)30-13-14-31(50)46-36(30)52/h3-4,6,8-12,20-21,30,43H,5,7,13-19H2,1-2H3,(H2,41,51)(H,46,50,52)(H2,42,44,45,47). The Morgan fingerprint density at radius 3 is 2.53 bits per heavy atom. The summed E-state index contributed by atoms with van der Waals surface area (Å²) in [5.41, 5.74) is 8.26. The van der Waals surface area contributed by atoms with Crippen LogP contribution in [0.25, 0.3) is 11.0 Å². The van der Waals surface area contributed by atoms with Crippen molar-refractivity contribution >= 4 is 77.8 Å². The van der Waals surface area contributed by atoms with E-state index in [4.69, 9.17) is 15.2 Å². The number of imidazole rings is 1. The van der Waals surface area contributed by atoms with E-state index < -0.39 is 33.7 Å². The molecule has 306 valence electrons. The van der Waals surface area contributed by atoms with Crippen LogP contribution < -0.4 is 32.1 Å². The molecule has 3 amide bonds. The maximum Gasteiger partial charge on any atom is 0.329 e. The van der Waals surface area contributed by atoms with Gasteiger partial charge in [-0.3, -0.25) is 28.8 Å². The van der Waals surface area contributed by atoms with E-state index in [9.17, 15) is 32.0 Å². The first-order valence-electron chi connectivity index (χ1n) is 18.2. The third-order valence-corrected chi connectivity index (χ3v) is 11.4. The second kappa shape index (κ2) is 18.4. The van der Waals surface area contributed by atoms with Crippen molar-refractivity contribution in [3.05, 3.63) is 98.3 Å². The van der Waals surface area contributed by atoms with Crippen molar-refractivity contribution in [2.45, 2.75) is 43.5 Å². The van der Waals surface area contributed by atoms with Gasteiger partial charge in [0.25, 0.3) is 5.91 Å². The Balaban J connectivity index is 0.929. The lowest BCUT2D eigenvalue weighted by Gasteiger charge is -2.21. The summed E-state index contributed by atoms with van der Waals surface area (Å²) in [6.45, 7) is 2.86. The zero-order valence-corrected chi connectivity index (χ0v) is 33.9. The predicted octanol–water partition coefficient (Wildman–Crippen LogP) is 3.85. The highest BCUT2D eigenvalue weighted by atomic mass is 79.9. The molecule has 0 spiro atoms. The molecule has 0 saturated carbocycles. The normalized spacial score (nSPS) is 14.4. The Kier molecular flexibility index (Phi) is 13.3. The number of benzene rings is 3. The van der Waals surface area contributed by atoms with Gasteiger partial charge in [-0.05, 0) is 89.6 Å². The summed E-state index contributed by atoms with van der Waals surface area (Å²) in [6.07, 6.45) is 3.17. The van der Waals surface area contributed by atoms with Crippen LogP contribution in [0.15, 0.2) is 75.0 Å². The van der Waals surface area contributed by atoms with E-state index in [0.717, 1.165) is 17.1 Å². The number of para-hydroxylation sites is 1. The number of amides is 3. The molecule has 1 fully saturated rings. The van der Waals surface area contributed by atoms with Crippen LogP contribution in [0.2, 0.25) is 0 Å². The minimum atomic E-state index is -3.86. The number of hydrogen-bond acceptors (Lipinski definition) is 12. The van der Waals surface area contributed by atoms with E-state index in [-0.39, 0.29) is 72.1 Å². The fourth-order valence-electron chi connectivity index (χ4n) is 6.55. The van der Waals surface area contributed by atoms with Crippen LogP contribution in [-0.2, 0) is 42.6 Å². The highest BCUT2D eigenvalue weighted by molar-refractivity contribution is 9.10. The quantitative estimate of drug-likeness (QED) is 0.0625. The summed E-state index contributed by atoms with van der Waals surface area (Å²) in [4.78, 5) is 57.8. The van der Waals surface area contributed by atoms with Gasteiger partial charge in [0, 0.05) is 38.5 Å². The van der Waals surface area contributed by atoms with E-state index in [1.54, 1.807) is 26.1 Å². The topological polar surface area (TPSA) is 231 Å². The maximum absolute atomic E-state index is 14.3. The van der Waals surface area contributed by atoms with E-state index in [0.29, 0.717) is 47.3 Å². The number of nitrogens with one attached hydrogen (secondary N) is 4. The van der Waals surface area contributed by atoms with Crippen molar-refractivity contribution in [2.24, 2.45) is 12.8 Å². The summed E-state index contributed by atoms with van der Waals surface area (Å²) in [6, 6.07) is 13.4. The molecule has 6 N–H and O–H groups in total. The lowest BCUT2D eigenvalue weighted by molar-refractivity contribution is -0.135. The molecule has 0 radical (unpaired) electrons. The van der Waals surface area contributed by atoms with Gasteiger partial charge in [0.05, 0.1) is 51.5 Å². The van der Waals surface area contributed by atoms with Gasteiger partial charge in [-0.1, -0.05) is 18.2 Å². The molecular weight excluding hydrogens is 841 g/mol. The number of ether oxygens (including phenoxy) is 2. The number of carbonyl (C=O) groups excluding carboxylic acids is 3. The van der Waals surface area contributed by atoms with E-state index in [1.165, 1.54) is 39.6 Å². The number of nitrogens with two attached hydrogens (primary N) is 1. The molecule has 5 aromatic rings. The number of fused-ring (bicyclic) bond motifs is 1. The number of carbonyl (C=O) groups is 3. The number of hydrogen-bond donors (Lipinski definition) is 5. The maximum atomic E-state index is 14.3. The molecule has 20 heteroatoms. The molecular formula is C38H41BrFN9O8S. The lowest BCUT2D eigenvalue weighted by Crippen LogP contribution is -2.44. The molecule has 1 aliphatic rings. The van der Waals surface area contributed by atoms with Crippen LogP contribution in [0.4, 0.5) is 27.5 Å². The zero-order chi connectivity index (χ0) is 41.6. The van der Waals surface area contributed by atoms with Gasteiger partial charge < -0.3 is 25.8 Å². The highest BCUT2D eigenvalue weighted by Gasteiger charge is 2.31. The fourth-order valence-corrected chi connectivity index (χ4v) is 7.94. The largest absolute Gasteiger partial charge is 0.379 e. The summed E-state index contributed by atoms with van der Waals surface area (Å²) >= 11 is 3.34. The first kappa shape index (κ1) is 42.1. The van der Waals surface area contributed by atoms with Gasteiger partial charge in [-0.25, -0.2) is 27.3 Å². The minimum Gasteiger partial charge on any atom is -0.379 e. The van der Waals surface area contributed by atoms with E-state index >= 15 is 0 Å². The van der Waals surface area contributed by atoms with Gasteiger partial charge in [-0.2, -0.15) is 4.98 Å². The summed E-state index contributed by atoms with van der Waals surface area (Å²) in [5, 5.41) is 8.26. The molecule has 1 unspecified atom stereocenters. The van der Waals surface area contributed by atoms with Gasteiger partial charge in [-0.15, -0.1) is 0 Å². The van der Waals surface area contributed by atoms with Gasteiger partial charge in [0.2, 0.25) is 27.8 Å². The van der Waals surface area contributed by atoms with Crippen molar-refractivity contribution in [3.8, 4) is 0 Å². The summed E-state index contributed by atoms with van der Waals surface area (Å²) in [7, 11) is -2.19. The Bertz CT molecular complexity index is 2550. The van der Waals surface area contributed by atoms with Crippen LogP contribution in [0, 0.1) is 12.7 Å². The lowest BCUT2D eigenvalue weighted by atomic mass is 10.0. The molecule has 3 aromatic carbocycles. The van der Waals surface area contributed by atoms with Crippen LogP contribution in [-0.4, -0.2) is 78.2 Å². The van der Waals surface area contributed by atoms with Crippen molar-refractivity contribution in [2.75, 3.05) is 43.6 Å². The molecule has 1 atom stereocenters. The predicted molar refractivity (Wildman–Crippen MR) is 216 cm³/mol. The third-order valence-electron chi connectivity index (χ3n) is 9.37. The molecule has 3 heterocycles. The number of aryl methyl sites for hydroxylation is 3. The number of sulfonamides is 1. The van der Waals surface area contributed by atoms with Crippen molar-refractivity contribution in [1.82, 2.24) is 29.1 Å². The Labute approximate surface area is 340 Å². The van der Waals surface area contributed by atoms with Crippen LogP contribution in [0.1, 0.15) is 46.8 Å². The molecule has 58 heavy (non-hydrogen) atoms. The number of halogens is 2. The number of imide groups is 1. The first-order valence-corrected chi connectivity index (χ1v) is 20.5. The molecule has 0 bridgehead atoms. The summed E-state index contributed by atoms with van der Waals surface area (Å²) < 4.78 is 57.5. The minimum absolute atomic E-state index is 0.0356. The molecule has 1 saturated heterocycles. The molecule has 6 rings (SSSR count). The van der Waals surface area contributed by atoms with E-state index in [2.05, 4.69) is 46.6 Å². The number of aromatic nitrogens is 4. The third kappa shape index (κ3) is 9.59. The molecule has 1 aliphatic heterocycles. The van der Waals surface area contributed by atoms with Gasteiger partial charge in [0.1, 0.15) is 17.7 Å².